The number of amides is 1. The van der Waals surface area contributed by atoms with Gasteiger partial charge in [0, 0.05) is 18.0 Å². The van der Waals surface area contributed by atoms with Gasteiger partial charge in [0.2, 0.25) is 11.7 Å². The van der Waals surface area contributed by atoms with Crippen LogP contribution < -0.4 is 0 Å². The van der Waals surface area contributed by atoms with Gasteiger partial charge in [-0.1, -0.05) is 62.4 Å². The molecule has 8 heteroatoms. The fourth-order valence-electron chi connectivity index (χ4n) is 4.52. The quantitative estimate of drug-likeness (QED) is 0.392. The van der Waals surface area contributed by atoms with E-state index in [0.717, 1.165) is 45.9 Å². The van der Waals surface area contributed by atoms with E-state index in [1.165, 1.54) is 0 Å². The van der Waals surface area contributed by atoms with Crippen LogP contribution >= 0.6 is 0 Å². The second-order valence-electron chi connectivity index (χ2n) is 9.48. The molecule has 1 unspecified atom stereocenters. The predicted molar refractivity (Wildman–Crippen MR) is 132 cm³/mol. The van der Waals surface area contributed by atoms with Gasteiger partial charge >= 0.3 is 5.97 Å². The van der Waals surface area contributed by atoms with Gasteiger partial charge in [-0.3, -0.25) is 4.79 Å². The van der Waals surface area contributed by atoms with Crippen molar-refractivity contribution in [3.63, 3.8) is 0 Å². The lowest BCUT2D eigenvalue weighted by Crippen LogP contribution is -2.48. The molecule has 1 aliphatic carbocycles. The minimum atomic E-state index is -0.954. The number of carbonyl (C=O) groups is 2. The summed E-state index contributed by atoms with van der Waals surface area (Å²) in [6, 6.07) is 19.5. The maximum absolute atomic E-state index is 13.0. The zero-order chi connectivity index (χ0) is 24.5. The van der Waals surface area contributed by atoms with Crippen LogP contribution in [0.2, 0.25) is 0 Å². The number of rotatable bonds is 8. The average molecular weight is 470 g/mol. The highest BCUT2D eigenvalue weighted by Crippen LogP contribution is 2.34. The van der Waals surface area contributed by atoms with Crippen molar-refractivity contribution in [3.8, 4) is 22.5 Å². The molecule has 8 nitrogen and oxygen atoms in total. The van der Waals surface area contributed by atoms with Gasteiger partial charge in [0.05, 0.1) is 0 Å². The highest BCUT2D eigenvalue weighted by molar-refractivity contribution is 5.89. The molecule has 178 valence electrons. The molecule has 1 aromatic heterocycles. The number of nitrogens with zero attached hydrogens (tertiary/aromatic N) is 4. The number of carboxylic acid groups (broad SMARTS) is 1. The standard InChI is InChI=1S/C27H27N5O3/c1-16(2)24(27(34)35)32(26(33)20-9-10-20)15-17-3-4-23-14-22(12-11-21(23)13-17)18-5-7-19(8-6-18)25-28-30-31-29-25/h3-8,11-14,16,20,24H,9-10,15H2,1-2H3,(H,34,35)(H,28,29,30,31). The monoisotopic (exact) mass is 469 g/mol. The Kier molecular flexibility index (Phi) is 6.03. The highest BCUT2D eigenvalue weighted by Gasteiger charge is 2.39. The van der Waals surface area contributed by atoms with E-state index in [1.807, 2.05) is 56.3 Å². The maximum atomic E-state index is 13.0. The number of hydrogen-bond donors (Lipinski definition) is 2. The van der Waals surface area contributed by atoms with Crippen LogP contribution in [0, 0.1) is 11.8 Å². The molecule has 0 bridgehead atoms. The van der Waals surface area contributed by atoms with Crippen LogP contribution in [0.5, 0.6) is 0 Å². The zero-order valence-corrected chi connectivity index (χ0v) is 19.7. The van der Waals surface area contributed by atoms with Crippen molar-refractivity contribution in [1.29, 1.82) is 0 Å². The summed E-state index contributed by atoms with van der Waals surface area (Å²) in [5.74, 6) is -0.662. The first-order valence-electron chi connectivity index (χ1n) is 11.8. The number of carboxylic acids is 1. The van der Waals surface area contributed by atoms with Gasteiger partial charge in [0.25, 0.3) is 0 Å². The Morgan fingerprint density at radius 1 is 0.971 bits per heavy atom. The van der Waals surface area contributed by atoms with E-state index in [4.69, 9.17) is 0 Å². The SMILES string of the molecule is CC(C)C(C(=O)O)N(Cc1ccc2cc(-c3ccc(-c4nn[nH]n4)cc3)ccc2c1)C(=O)C1CC1. The molecular formula is C27H27N5O3. The molecule has 1 amide bonds. The average Bonchev–Trinajstić information content (AvgIpc) is 3.56. The molecule has 1 saturated carbocycles. The lowest BCUT2D eigenvalue weighted by atomic mass is 9.98. The van der Waals surface area contributed by atoms with E-state index in [9.17, 15) is 14.7 Å². The molecule has 0 spiro atoms. The van der Waals surface area contributed by atoms with Crippen LogP contribution in [0.1, 0.15) is 32.3 Å². The summed E-state index contributed by atoms with van der Waals surface area (Å²) in [7, 11) is 0. The van der Waals surface area contributed by atoms with E-state index >= 15 is 0 Å². The molecule has 0 saturated heterocycles. The first kappa shape index (κ1) is 22.7. The Morgan fingerprint density at radius 3 is 2.26 bits per heavy atom. The number of aromatic amines is 1. The van der Waals surface area contributed by atoms with Crippen LogP contribution in [0.15, 0.2) is 60.7 Å². The van der Waals surface area contributed by atoms with Crippen LogP contribution in [0.4, 0.5) is 0 Å². The first-order chi connectivity index (χ1) is 16.9. The molecule has 3 aromatic carbocycles. The summed E-state index contributed by atoms with van der Waals surface area (Å²) in [5, 5.41) is 26.0. The highest BCUT2D eigenvalue weighted by atomic mass is 16.4. The third kappa shape index (κ3) is 4.77. The Labute approximate surface area is 203 Å². The molecule has 4 aromatic rings. The fourth-order valence-corrected chi connectivity index (χ4v) is 4.52. The van der Waals surface area contributed by atoms with Gasteiger partial charge in [0.15, 0.2) is 0 Å². The maximum Gasteiger partial charge on any atom is 0.326 e. The Hall–Kier alpha value is -4.07. The molecule has 5 rings (SSSR count). The summed E-state index contributed by atoms with van der Waals surface area (Å²) in [6.45, 7) is 3.99. The largest absolute Gasteiger partial charge is 0.480 e. The number of H-pyrrole nitrogens is 1. The third-order valence-corrected chi connectivity index (χ3v) is 6.51. The molecule has 1 aliphatic rings. The topological polar surface area (TPSA) is 112 Å². The van der Waals surface area contributed by atoms with E-state index < -0.39 is 12.0 Å². The molecule has 2 N–H and O–H groups in total. The van der Waals surface area contributed by atoms with Gasteiger partial charge in [-0.2, -0.15) is 5.21 Å². The van der Waals surface area contributed by atoms with Crippen molar-refractivity contribution in [2.24, 2.45) is 11.8 Å². The number of hydrogen-bond acceptors (Lipinski definition) is 5. The number of aromatic nitrogens is 4. The second-order valence-corrected chi connectivity index (χ2v) is 9.48. The number of benzene rings is 3. The van der Waals surface area contributed by atoms with Crippen molar-refractivity contribution in [2.45, 2.75) is 39.3 Å². The summed E-state index contributed by atoms with van der Waals surface area (Å²) >= 11 is 0. The summed E-state index contributed by atoms with van der Waals surface area (Å²) < 4.78 is 0. The second kappa shape index (κ2) is 9.29. The number of nitrogens with one attached hydrogen (secondary N) is 1. The molecule has 35 heavy (non-hydrogen) atoms. The summed E-state index contributed by atoms with van der Waals surface area (Å²) in [6.07, 6.45) is 1.69. The number of fused-ring (bicyclic) bond motifs is 1. The lowest BCUT2D eigenvalue weighted by Gasteiger charge is -2.32. The van der Waals surface area contributed by atoms with E-state index in [2.05, 4.69) is 38.8 Å². The van der Waals surface area contributed by atoms with E-state index in [1.54, 1.807) is 4.90 Å². The van der Waals surface area contributed by atoms with Crippen molar-refractivity contribution in [2.75, 3.05) is 0 Å². The predicted octanol–water partition coefficient (Wildman–Crippen LogP) is 4.53. The minimum Gasteiger partial charge on any atom is -0.480 e. The normalized spacial score (nSPS) is 14.3. The van der Waals surface area contributed by atoms with E-state index in [-0.39, 0.29) is 17.7 Å². The van der Waals surface area contributed by atoms with Gasteiger partial charge in [-0.05, 0) is 63.6 Å². The molecule has 1 atom stereocenters. The fraction of sp³-hybridized carbons (Fsp3) is 0.296. The number of tetrazole rings is 1. The molecule has 0 radical (unpaired) electrons. The first-order valence-corrected chi connectivity index (χ1v) is 11.8. The van der Waals surface area contributed by atoms with Crippen molar-refractivity contribution in [1.82, 2.24) is 25.5 Å². The molecule has 1 fully saturated rings. The van der Waals surface area contributed by atoms with Gasteiger partial charge in [0.1, 0.15) is 6.04 Å². The lowest BCUT2D eigenvalue weighted by molar-refractivity contribution is -0.153. The van der Waals surface area contributed by atoms with Gasteiger partial charge in [-0.25, -0.2) is 4.79 Å². The Bertz CT molecular complexity index is 1360. The summed E-state index contributed by atoms with van der Waals surface area (Å²) in [5.41, 5.74) is 3.97. The van der Waals surface area contributed by atoms with Crippen LogP contribution in [0.25, 0.3) is 33.3 Å². The third-order valence-electron chi connectivity index (χ3n) is 6.51. The smallest absolute Gasteiger partial charge is 0.326 e. The molecule has 1 heterocycles. The summed E-state index contributed by atoms with van der Waals surface area (Å²) in [4.78, 5) is 26.5. The van der Waals surface area contributed by atoms with Crippen LogP contribution in [-0.2, 0) is 16.1 Å². The minimum absolute atomic E-state index is 0.0370. The number of aliphatic carboxylic acids is 1. The Balaban J connectivity index is 1.40. The van der Waals surface area contributed by atoms with Crippen molar-refractivity contribution in [3.05, 3.63) is 66.2 Å². The van der Waals surface area contributed by atoms with Gasteiger partial charge in [-0.15, -0.1) is 10.2 Å². The zero-order valence-electron chi connectivity index (χ0n) is 19.7. The molecular weight excluding hydrogens is 442 g/mol. The van der Waals surface area contributed by atoms with Crippen molar-refractivity contribution < 1.29 is 14.7 Å². The van der Waals surface area contributed by atoms with Crippen molar-refractivity contribution >= 4 is 22.6 Å². The Morgan fingerprint density at radius 2 is 1.63 bits per heavy atom. The van der Waals surface area contributed by atoms with E-state index in [0.29, 0.717) is 12.4 Å². The van der Waals surface area contributed by atoms with Gasteiger partial charge < -0.3 is 10.0 Å². The van der Waals surface area contributed by atoms with Crippen LogP contribution in [0.3, 0.4) is 0 Å². The number of carbonyl (C=O) groups excluding carboxylic acids is 1. The van der Waals surface area contributed by atoms with Crippen LogP contribution in [-0.4, -0.2) is 48.5 Å². The molecule has 0 aliphatic heterocycles.